The van der Waals surface area contributed by atoms with Crippen LogP contribution in [0.5, 0.6) is 0 Å². The molecular weight excluding hydrogens is 289 g/mol. The van der Waals surface area contributed by atoms with Crippen molar-refractivity contribution in [1.29, 1.82) is 0 Å². The molecule has 0 aliphatic rings. The van der Waals surface area contributed by atoms with Crippen LogP contribution >= 0.6 is 11.6 Å². The van der Waals surface area contributed by atoms with Gasteiger partial charge >= 0.3 is 0 Å². The van der Waals surface area contributed by atoms with E-state index in [0.29, 0.717) is 0 Å². The van der Waals surface area contributed by atoms with E-state index in [0.717, 1.165) is 30.6 Å². The van der Waals surface area contributed by atoms with Crippen LogP contribution in [0, 0.1) is 12.7 Å². The summed E-state index contributed by atoms with van der Waals surface area (Å²) < 4.78 is 15.1. The molecule has 0 radical (unpaired) electrons. The molecule has 1 heterocycles. The van der Waals surface area contributed by atoms with Crippen molar-refractivity contribution in [1.82, 2.24) is 15.1 Å². The molecule has 1 N–H and O–H groups in total. The molecule has 0 saturated carbocycles. The molecule has 0 aliphatic heterocycles. The molecular formula is C16H21ClFN3. The summed E-state index contributed by atoms with van der Waals surface area (Å²) in [5.41, 5.74) is 3.32. The smallest absolute Gasteiger partial charge is 0.141 e. The fraction of sp³-hybridized carbons (Fsp3) is 0.438. The first-order valence-electron chi connectivity index (χ1n) is 7.18. The van der Waals surface area contributed by atoms with E-state index in [1.807, 2.05) is 17.9 Å². The topological polar surface area (TPSA) is 29.9 Å². The first-order chi connectivity index (χ1) is 10.0. The molecule has 2 rings (SSSR count). The lowest BCUT2D eigenvalue weighted by molar-refractivity contribution is 0.525. The summed E-state index contributed by atoms with van der Waals surface area (Å²) in [4.78, 5) is 0. The van der Waals surface area contributed by atoms with Crippen molar-refractivity contribution in [2.75, 3.05) is 6.54 Å². The monoisotopic (exact) mass is 309 g/mol. The first-order valence-corrected chi connectivity index (χ1v) is 7.56. The van der Waals surface area contributed by atoms with Crippen molar-refractivity contribution < 1.29 is 4.39 Å². The quantitative estimate of drug-likeness (QED) is 0.879. The van der Waals surface area contributed by atoms with Gasteiger partial charge in [0.15, 0.2) is 0 Å². The highest BCUT2D eigenvalue weighted by Gasteiger charge is 2.17. The van der Waals surface area contributed by atoms with Crippen LogP contribution in [0.1, 0.15) is 36.2 Å². The zero-order valence-electron chi connectivity index (χ0n) is 12.7. The van der Waals surface area contributed by atoms with E-state index in [4.69, 9.17) is 11.6 Å². The molecule has 21 heavy (non-hydrogen) atoms. The van der Waals surface area contributed by atoms with Crippen LogP contribution in [0.15, 0.2) is 24.4 Å². The van der Waals surface area contributed by atoms with Crippen molar-refractivity contribution in [3.63, 3.8) is 0 Å². The Balaban J connectivity index is 2.23. The van der Waals surface area contributed by atoms with E-state index in [1.54, 1.807) is 12.1 Å². The van der Waals surface area contributed by atoms with Crippen LogP contribution in [0.4, 0.5) is 4.39 Å². The Bertz CT molecular complexity index is 610. The van der Waals surface area contributed by atoms with Crippen LogP contribution in [0.25, 0.3) is 0 Å². The summed E-state index contributed by atoms with van der Waals surface area (Å²) >= 11 is 5.87. The summed E-state index contributed by atoms with van der Waals surface area (Å²) in [5, 5.41) is 8.01. The van der Waals surface area contributed by atoms with E-state index in [2.05, 4.69) is 24.3 Å². The van der Waals surface area contributed by atoms with E-state index < -0.39 is 0 Å². The molecule has 3 nitrogen and oxygen atoms in total. The SMILES string of the molecule is CCCNC(Cc1ccc(F)c(Cl)c1)c1cnn(C)c1C. The van der Waals surface area contributed by atoms with Gasteiger partial charge in [0.25, 0.3) is 0 Å². The van der Waals surface area contributed by atoms with Gasteiger partial charge < -0.3 is 5.32 Å². The van der Waals surface area contributed by atoms with E-state index >= 15 is 0 Å². The molecule has 2 aromatic rings. The van der Waals surface area contributed by atoms with Crippen LogP contribution in [0.3, 0.4) is 0 Å². The molecule has 0 fully saturated rings. The lowest BCUT2D eigenvalue weighted by Crippen LogP contribution is -2.24. The lowest BCUT2D eigenvalue weighted by Gasteiger charge is -2.19. The molecule has 1 atom stereocenters. The van der Waals surface area contributed by atoms with Crippen molar-refractivity contribution in [3.05, 3.63) is 52.1 Å². The Hall–Kier alpha value is -1.39. The predicted octanol–water partition coefficient (Wildman–Crippen LogP) is 3.80. The molecule has 5 heteroatoms. The molecule has 0 saturated heterocycles. The molecule has 0 bridgehead atoms. The number of nitrogens with zero attached hydrogens (tertiary/aromatic N) is 2. The van der Waals surface area contributed by atoms with E-state index in [1.165, 1.54) is 11.6 Å². The normalized spacial score (nSPS) is 12.6. The van der Waals surface area contributed by atoms with Crippen molar-refractivity contribution in [2.24, 2.45) is 7.05 Å². The highest BCUT2D eigenvalue weighted by molar-refractivity contribution is 6.30. The second kappa shape index (κ2) is 7.05. The number of halogens is 2. The summed E-state index contributed by atoms with van der Waals surface area (Å²) in [5.74, 6) is -0.379. The number of hydrogen-bond donors (Lipinski definition) is 1. The van der Waals surface area contributed by atoms with E-state index in [9.17, 15) is 4.39 Å². The van der Waals surface area contributed by atoms with Crippen LogP contribution in [-0.4, -0.2) is 16.3 Å². The minimum Gasteiger partial charge on any atom is -0.310 e. The molecule has 1 unspecified atom stereocenters. The summed E-state index contributed by atoms with van der Waals surface area (Å²) in [6, 6.07) is 5.06. The van der Waals surface area contributed by atoms with Gasteiger partial charge in [0, 0.05) is 24.3 Å². The zero-order valence-corrected chi connectivity index (χ0v) is 13.4. The third kappa shape index (κ3) is 3.83. The largest absolute Gasteiger partial charge is 0.310 e. The van der Waals surface area contributed by atoms with Gasteiger partial charge in [-0.3, -0.25) is 4.68 Å². The molecule has 0 amide bonds. The molecule has 114 valence electrons. The van der Waals surface area contributed by atoms with Gasteiger partial charge in [-0.05, 0) is 44.0 Å². The van der Waals surface area contributed by atoms with Gasteiger partial charge in [0.1, 0.15) is 5.82 Å². The average Bonchev–Trinajstić information content (AvgIpc) is 2.79. The van der Waals surface area contributed by atoms with Gasteiger partial charge in [0.2, 0.25) is 0 Å². The highest BCUT2D eigenvalue weighted by Crippen LogP contribution is 2.24. The van der Waals surface area contributed by atoms with Crippen molar-refractivity contribution >= 4 is 11.6 Å². The standard InChI is InChI=1S/C16H21ClFN3/c1-4-7-19-16(13-10-20-21(3)11(13)2)9-12-5-6-15(18)14(17)8-12/h5-6,8,10,16,19H,4,7,9H2,1-3H3. The van der Waals surface area contributed by atoms with Gasteiger partial charge in [-0.2, -0.15) is 5.10 Å². The number of aryl methyl sites for hydroxylation is 1. The molecule has 0 aliphatic carbocycles. The highest BCUT2D eigenvalue weighted by atomic mass is 35.5. The summed E-state index contributed by atoms with van der Waals surface area (Å²) in [6.07, 6.45) is 3.71. The van der Waals surface area contributed by atoms with Gasteiger partial charge in [-0.1, -0.05) is 24.6 Å². The Morgan fingerprint density at radius 1 is 1.43 bits per heavy atom. The number of hydrogen-bond acceptors (Lipinski definition) is 2. The minimum atomic E-state index is -0.379. The molecule has 0 spiro atoms. The first kappa shape index (κ1) is 16.0. The number of aromatic nitrogens is 2. The summed E-state index contributed by atoms with van der Waals surface area (Å²) in [7, 11) is 1.93. The van der Waals surface area contributed by atoms with Crippen LogP contribution in [-0.2, 0) is 13.5 Å². The Morgan fingerprint density at radius 3 is 2.76 bits per heavy atom. The number of benzene rings is 1. The predicted molar refractivity (Wildman–Crippen MR) is 84.1 cm³/mol. The maximum absolute atomic E-state index is 13.3. The van der Waals surface area contributed by atoms with Crippen molar-refractivity contribution in [2.45, 2.75) is 32.7 Å². The minimum absolute atomic E-state index is 0.153. The average molecular weight is 310 g/mol. The maximum atomic E-state index is 13.3. The number of nitrogens with one attached hydrogen (secondary N) is 1. The third-order valence-electron chi connectivity index (χ3n) is 3.71. The van der Waals surface area contributed by atoms with E-state index in [-0.39, 0.29) is 16.9 Å². The fourth-order valence-electron chi connectivity index (χ4n) is 2.37. The summed E-state index contributed by atoms with van der Waals surface area (Å²) in [6.45, 7) is 5.11. The van der Waals surface area contributed by atoms with Crippen LogP contribution < -0.4 is 5.32 Å². The Morgan fingerprint density at radius 2 is 2.19 bits per heavy atom. The molecule has 1 aromatic heterocycles. The van der Waals surface area contributed by atoms with Gasteiger partial charge in [-0.25, -0.2) is 4.39 Å². The van der Waals surface area contributed by atoms with Gasteiger partial charge in [0.05, 0.1) is 11.2 Å². The number of rotatable bonds is 6. The third-order valence-corrected chi connectivity index (χ3v) is 4.00. The maximum Gasteiger partial charge on any atom is 0.141 e. The van der Waals surface area contributed by atoms with Crippen molar-refractivity contribution in [3.8, 4) is 0 Å². The Kier molecular flexibility index (Phi) is 5.37. The lowest BCUT2D eigenvalue weighted by atomic mass is 9.99. The zero-order chi connectivity index (χ0) is 15.4. The second-order valence-corrected chi connectivity index (χ2v) is 5.68. The fourth-order valence-corrected chi connectivity index (χ4v) is 2.57. The van der Waals surface area contributed by atoms with Gasteiger partial charge in [-0.15, -0.1) is 0 Å². The second-order valence-electron chi connectivity index (χ2n) is 5.27. The molecule has 1 aromatic carbocycles. The van der Waals surface area contributed by atoms with Crippen LogP contribution in [0.2, 0.25) is 5.02 Å². The Labute approximate surface area is 130 Å².